The molecular weight excluding hydrogens is 328 g/mol. The summed E-state index contributed by atoms with van der Waals surface area (Å²) in [5.41, 5.74) is 1.82. The Bertz CT molecular complexity index is 705. The van der Waals surface area contributed by atoms with E-state index >= 15 is 0 Å². The number of methoxy groups -OCH3 is 1. The van der Waals surface area contributed by atoms with Crippen LogP contribution in [0.1, 0.15) is 24.8 Å². The molecule has 0 aromatic heterocycles. The minimum absolute atomic E-state index is 0.174. The van der Waals surface area contributed by atoms with Gasteiger partial charge in [-0.05, 0) is 30.5 Å². The van der Waals surface area contributed by atoms with E-state index in [0.717, 1.165) is 30.6 Å². The molecule has 1 aliphatic rings. The average Bonchev–Trinajstić information content (AvgIpc) is 3.08. The van der Waals surface area contributed by atoms with Crippen molar-refractivity contribution in [1.29, 1.82) is 0 Å². The Hall–Kier alpha value is -2.53. The van der Waals surface area contributed by atoms with Crippen LogP contribution in [-0.2, 0) is 11.3 Å². The van der Waals surface area contributed by atoms with E-state index in [0.29, 0.717) is 24.8 Å². The lowest BCUT2D eigenvalue weighted by atomic mass is 10.1. The number of hydrogen-bond donors (Lipinski definition) is 2. The molecule has 0 saturated heterocycles. The molecule has 0 spiro atoms. The van der Waals surface area contributed by atoms with Crippen molar-refractivity contribution in [3.05, 3.63) is 60.2 Å². The van der Waals surface area contributed by atoms with Crippen molar-refractivity contribution in [3.8, 4) is 5.75 Å². The van der Waals surface area contributed by atoms with E-state index in [-0.39, 0.29) is 12.1 Å². The van der Waals surface area contributed by atoms with Crippen LogP contribution < -0.4 is 15.4 Å². The van der Waals surface area contributed by atoms with E-state index in [1.54, 1.807) is 7.11 Å². The summed E-state index contributed by atoms with van der Waals surface area (Å²) in [4.78, 5) is 12.3. The van der Waals surface area contributed by atoms with Crippen LogP contribution in [0.3, 0.4) is 0 Å². The lowest BCUT2D eigenvalue weighted by Crippen LogP contribution is -2.41. The highest BCUT2D eigenvalue weighted by Crippen LogP contribution is 2.26. The summed E-state index contributed by atoms with van der Waals surface area (Å²) in [6.07, 6.45) is 3.23. The lowest BCUT2D eigenvalue weighted by Gasteiger charge is -2.20. The fourth-order valence-corrected chi connectivity index (χ4v) is 3.38. The van der Waals surface area contributed by atoms with E-state index < -0.39 is 0 Å². The van der Waals surface area contributed by atoms with Gasteiger partial charge in [-0.1, -0.05) is 42.8 Å². The van der Waals surface area contributed by atoms with Crippen molar-refractivity contribution in [2.45, 2.75) is 31.9 Å². The van der Waals surface area contributed by atoms with E-state index in [1.165, 1.54) is 0 Å². The fraction of sp³-hybridized carbons (Fsp3) is 0.381. The molecule has 26 heavy (non-hydrogen) atoms. The maximum absolute atomic E-state index is 12.3. The minimum atomic E-state index is -0.182. The monoisotopic (exact) mass is 354 g/mol. The Kier molecular flexibility index (Phi) is 6.50. The van der Waals surface area contributed by atoms with Crippen molar-refractivity contribution < 1.29 is 14.3 Å². The van der Waals surface area contributed by atoms with Crippen LogP contribution in [-0.4, -0.2) is 25.8 Å². The molecule has 3 rings (SSSR count). The SMILES string of the molecule is COC[C@H]1CCC[C@H]1NC(=O)Nc1cccc(OCc2ccccc2)c1. The Morgan fingerprint density at radius 2 is 1.96 bits per heavy atom. The van der Waals surface area contributed by atoms with Crippen molar-refractivity contribution in [2.24, 2.45) is 5.92 Å². The minimum Gasteiger partial charge on any atom is -0.489 e. The van der Waals surface area contributed by atoms with Gasteiger partial charge in [0.1, 0.15) is 12.4 Å². The third kappa shape index (κ3) is 5.23. The van der Waals surface area contributed by atoms with Crippen molar-refractivity contribution >= 4 is 11.7 Å². The van der Waals surface area contributed by atoms with Crippen molar-refractivity contribution in [3.63, 3.8) is 0 Å². The highest BCUT2D eigenvalue weighted by Gasteiger charge is 2.28. The molecule has 2 atom stereocenters. The van der Waals surface area contributed by atoms with Crippen molar-refractivity contribution in [1.82, 2.24) is 5.32 Å². The molecule has 0 unspecified atom stereocenters. The van der Waals surface area contributed by atoms with Crippen LogP contribution in [0, 0.1) is 5.92 Å². The normalized spacial score (nSPS) is 19.1. The zero-order chi connectivity index (χ0) is 18.2. The van der Waals surface area contributed by atoms with Gasteiger partial charge in [0, 0.05) is 30.8 Å². The van der Waals surface area contributed by atoms with Crippen LogP contribution in [0.4, 0.5) is 10.5 Å². The molecule has 1 fully saturated rings. The van der Waals surface area contributed by atoms with Gasteiger partial charge in [0.2, 0.25) is 0 Å². The summed E-state index contributed by atoms with van der Waals surface area (Å²) in [6, 6.07) is 17.4. The first-order chi connectivity index (χ1) is 12.7. The number of nitrogens with one attached hydrogen (secondary N) is 2. The molecule has 5 nitrogen and oxygen atoms in total. The second kappa shape index (κ2) is 9.25. The molecule has 1 aliphatic carbocycles. The third-order valence-corrected chi connectivity index (χ3v) is 4.70. The summed E-state index contributed by atoms with van der Waals surface area (Å²) in [6.45, 7) is 1.19. The molecule has 0 aliphatic heterocycles. The van der Waals surface area contributed by atoms with Gasteiger partial charge >= 0.3 is 6.03 Å². The molecule has 2 N–H and O–H groups in total. The van der Waals surface area contributed by atoms with E-state index in [9.17, 15) is 4.79 Å². The molecular formula is C21H26N2O3. The number of carbonyl (C=O) groups is 1. The number of benzene rings is 2. The topological polar surface area (TPSA) is 59.6 Å². The molecule has 2 aromatic carbocycles. The van der Waals surface area contributed by atoms with Crippen molar-refractivity contribution in [2.75, 3.05) is 19.0 Å². The molecule has 1 saturated carbocycles. The number of urea groups is 1. The lowest BCUT2D eigenvalue weighted by molar-refractivity contribution is 0.142. The maximum atomic E-state index is 12.3. The molecule has 0 bridgehead atoms. The van der Waals surface area contributed by atoms with Gasteiger partial charge < -0.3 is 20.1 Å². The van der Waals surface area contributed by atoms with Gasteiger partial charge in [-0.15, -0.1) is 0 Å². The van der Waals surface area contributed by atoms with Gasteiger partial charge in [0.15, 0.2) is 0 Å². The Morgan fingerprint density at radius 1 is 1.12 bits per heavy atom. The average molecular weight is 354 g/mol. The van der Waals surface area contributed by atoms with Gasteiger partial charge in [0.05, 0.1) is 6.61 Å². The third-order valence-electron chi connectivity index (χ3n) is 4.70. The smallest absolute Gasteiger partial charge is 0.319 e. The van der Waals surface area contributed by atoms with E-state index in [2.05, 4.69) is 10.6 Å². The van der Waals surface area contributed by atoms with Gasteiger partial charge in [-0.2, -0.15) is 0 Å². The summed E-state index contributed by atoms with van der Waals surface area (Å²) in [5, 5.41) is 5.97. The van der Waals surface area contributed by atoms with Crippen LogP contribution in [0.15, 0.2) is 54.6 Å². The van der Waals surface area contributed by atoms with Gasteiger partial charge in [-0.3, -0.25) is 0 Å². The van der Waals surface area contributed by atoms with Crippen LogP contribution in [0.5, 0.6) is 5.75 Å². The second-order valence-corrected chi connectivity index (χ2v) is 6.65. The highest BCUT2D eigenvalue weighted by atomic mass is 16.5. The number of anilines is 1. The second-order valence-electron chi connectivity index (χ2n) is 6.65. The number of carbonyl (C=O) groups excluding carboxylic acids is 1. The Balaban J connectivity index is 1.52. The highest BCUT2D eigenvalue weighted by molar-refractivity contribution is 5.89. The van der Waals surface area contributed by atoms with Gasteiger partial charge in [0.25, 0.3) is 0 Å². The number of amides is 2. The number of ether oxygens (including phenoxy) is 2. The zero-order valence-electron chi connectivity index (χ0n) is 15.1. The first kappa shape index (κ1) is 18.3. The summed E-state index contributed by atoms with van der Waals surface area (Å²) >= 11 is 0. The van der Waals surface area contributed by atoms with E-state index in [1.807, 2.05) is 54.6 Å². The zero-order valence-corrected chi connectivity index (χ0v) is 15.1. The molecule has 2 aromatic rings. The quantitative estimate of drug-likeness (QED) is 0.783. The maximum Gasteiger partial charge on any atom is 0.319 e. The summed E-state index contributed by atoms with van der Waals surface area (Å²) < 4.78 is 11.1. The summed E-state index contributed by atoms with van der Waals surface area (Å²) in [5.74, 6) is 1.12. The standard InChI is InChI=1S/C21H26N2O3/c1-25-15-17-9-5-12-20(17)23-21(24)22-18-10-6-11-19(13-18)26-14-16-7-3-2-4-8-16/h2-4,6-8,10-11,13,17,20H,5,9,12,14-15H2,1H3,(H2,22,23,24)/t17-,20-/m1/s1. The number of rotatable bonds is 7. The van der Waals surface area contributed by atoms with Gasteiger partial charge in [-0.25, -0.2) is 4.79 Å². The van der Waals surface area contributed by atoms with Crippen LogP contribution >= 0.6 is 0 Å². The van der Waals surface area contributed by atoms with Crippen LogP contribution in [0.2, 0.25) is 0 Å². The predicted molar refractivity (Wildman–Crippen MR) is 102 cm³/mol. The van der Waals surface area contributed by atoms with Crippen LogP contribution in [0.25, 0.3) is 0 Å². The Labute approximate surface area is 154 Å². The molecule has 0 heterocycles. The first-order valence-corrected chi connectivity index (χ1v) is 9.08. The van der Waals surface area contributed by atoms with E-state index in [4.69, 9.17) is 9.47 Å². The molecule has 0 radical (unpaired) electrons. The molecule has 138 valence electrons. The first-order valence-electron chi connectivity index (χ1n) is 9.08. The Morgan fingerprint density at radius 3 is 2.77 bits per heavy atom. The molecule has 5 heteroatoms. The molecule has 2 amide bonds. The largest absolute Gasteiger partial charge is 0.489 e. The predicted octanol–water partition coefficient (Wildman–Crippen LogP) is 4.20. The number of hydrogen-bond acceptors (Lipinski definition) is 3. The summed E-state index contributed by atoms with van der Waals surface area (Å²) in [7, 11) is 1.70. The fourth-order valence-electron chi connectivity index (χ4n) is 3.38.